The third kappa shape index (κ3) is 3.52. The van der Waals surface area contributed by atoms with E-state index in [1.54, 1.807) is 30.3 Å². The minimum atomic E-state index is -0.329. The van der Waals surface area contributed by atoms with Crippen LogP contribution in [0.15, 0.2) is 53.7 Å². The van der Waals surface area contributed by atoms with Gasteiger partial charge in [0.2, 0.25) is 5.91 Å². The molecule has 0 saturated heterocycles. The maximum Gasteiger partial charge on any atom is 0.225 e. The molecule has 0 bridgehead atoms. The molecule has 0 spiro atoms. The molecule has 2 aliphatic rings. The standard InChI is InChI=1S/C21H16Cl2FNO2/c22-16-6-3-12(7-17(16)23)15-10-20(27)25-18-8-13(9-19(26)21(15)18)11-1-4-14(24)5-2-11/h1-7,13,15H,8-10H2,(H,25,27)/t13-,15+/m0/s1. The van der Waals surface area contributed by atoms with Gasteiger partial charge in [0.25, 0.3) is 0 Å². The molecule has 1 aliphatic carbocycles. The lowest BCUT2D eigenvalue weighted by Gasteiger charge is -2.34. The average Bonchev–Trinajstić information content (AvgIpc) is 2.63. The Morgan fingerprint density at radius 1 is 0.889 bits per heavy atom. The van der Waals surface area contributed by atoms with Gasteiger partial charge in [-0.3, -0.25) is 9.59 Å². The Morgan fingerprint density at radius 2 is 1.59 bits per heavy atom. The number of nitrogens with one attached hydrogen (secondary N) is 1. The third-order valence-electron chi connectivity index (χ3n) is 5.22. The van der Waals surface area contributed by atoms with Crippen LogP contribution in [0.25, 0.3) is 0 Å². The summed E-state index contributed by atoms with van der Waals surface area (Å²) in [5.74, 6) is -0.847. The highest BCUT2D eigenvalue weighted by Crippen LogP contribution is 2.43. The second kappa shape index (κ2) is 7.10. The van der Waals surface area contributed by atoms with Crippen molar-refractivity contribution in [3.63, 3.8) is 0 Å². The van der Waals surface area contributed by atoms with Crippen molar-refractivity contribution >= 4 is 34.9 Å². The van der Waals surface area contributed by atoms with Gasteiger partial charge in [0.15, 0.2) is 5.78 Å². The topological polar surface area (TPSA) is 46.2 Å². The first kappa shape index (κ1) is 18.2. The fraction of sp³-hybridized carbons (Fsp3) is 0.238. The Kier molecular flexibility index (Phi) is 4.79. The van der Waals surface area contributed by atoms with E-state index in [-0.39, 0.29) is 35.8 Å². The van der Waals surface area contributed by atoms with Crippen molar-refractivity contribution in [1.82, 2.24) is 5.32 Å². The first-order chi connectivity index (χ1) is 12.9. The van der Waals surface area contributed by atoms with Gasteiger partial charge >= 0.3 is 0 Å². The van der Waals surface area contributed by atoms with Crippen LogP contribution in [0.3, 0.4) is 0 Å². The van der Waals surface area contributed by atoms with Crippen molar-refractivity contribution in [1.29, 1.82) is 0 Å². The molecule has 27 heavy (non-hydrogen) atoms. The smallest absolute Gasteiger partial charge is 0.225 e. The molecule has 0 aromatic heterocycles. The number of ketones is 1. The van der Waals surface area contributed by atoms with Gasteiger partial charge in [-0.05, 0) is 47.7 Å². The van der Waals surface area contributed by atoms with Gasteiger partial charge in [-0.25, -0.2) is 4.39 Å². The molecule has 0 unspecified atom stereocenters. The molecular weight excluding hydrogens is 388 g/mol. The van der Waals surface area contributed by atoms with Crippen LogP contribution in [0.4, 0.5) is 4.39 Å². The fourth-order valence-electron chi connectivity index (χ4n) is 3.94. The Morgan fingerprint density at radius 3 is 2.30 bits per heavy atom. The van der Waals surface area contributed by atoms with Gasteiger partial charge in [0, 0.05) is 30.0 Å². The van der Waals surface area contributed by atoms with Crippen molar-refractivity contribution in [3.8, 4) is 0 Å². The van der Waals surface area contributed by atoms with Crippen molar-refractivity contribution in [2.45, 2.75) is 31.1 Å². The number of allylic oxidation sites excluding steroid dienone is 2. The summed E-state index contributed by atoms with van der Waals surface area (Å²) in [6, 6.07) is 11.4. The molecule has 6 heteroatoms. The predicted octanol–water partition coefficient (Wildman–Crippen LogP) is 5.14. The van der Waals surface area contributed by atoms with Gasteiger partial charge in [-0.2, -0.15) is 0 Å². The molecule has 1 N–H and O–H groups in total. The zero-order valence-electron chi connectivity index (χ0n) is 14.3. The summed E-state index contributed by atoms with van der Waals surface area (Å²) in [5.41, 5.74) is 3.00. The van der Waals surface area contributed by atoms with Crippen molar-refractivity contribution in [2.75, 3.05) is 0 Å². The van der Waals surface area contributed by atoms with Gasteiger partial charge in [-0.15, -0.1) is 0 Å². The zero-order chi connectivity index (χ0) is 19.1. The van der Waals surface area contributed by atoms with Gasteiger partial charge in [0.05, 0.1) is 10.0 Å². The van der Waals surface area contributed by atoms with Crippen LogP contribution in [-0.2, 0) is 9.59 Å². The molecule has 3 nitrogen and oxygen atoms in total. The van der Waals surface area contributed by atoms with E-state index in [1.807, 2.05) is 0 Å². The summed E-state index contributed by atoms with van der Waals surface area (Å²) in [7, 11) is 0. The SMILES string of the molecule is O=C1C[C@H](c2ccc(Cl)c(Cl)c2)C2=C(C[C@H](c3ccc(F)cc3)CC2=O)N1. The van der Waals surface area contributed by atoms with E-state index in [4.69, 9.17) is 23.2 Å². The number of hydrogen-bond donors (Lipinski definition) is 1. The maximum absolute atomic E-state index is 13.2. The van der Waals surface area contributed by atoms with Crippen LogP contribution < -0.4 is 5.32 Å². The summed E-state index contributed by atoms with van der Waals surface area (Å²) in [6.45, 7) is 0. The van der Waals surface area contributed by atoms with Crippen molar-refractivity contribution in [3.05, 3.63) is 80.7 Å². The number of carbonyl (C=O) groups is 2. The van der Waals surface area contributed by atoms with Gasteiger partial charge < -0.3 is 5.32 Å². The quantitative estimate of drug-likeness (QED) is 0.754. The average molecular weight is 404 g/mol. The lowest BCUT2D eigenvalue weighted by Crippen LogP contribution is -2.38. The minimum Gasteiger partial charge on any atom is -0.329 e. The van der Waals surface area contributed by atoms with E-state index in [9.17, 15) is 14.0 Å². The number of carbonyl (C=O) groups excluding carboxylic acids is 2. The summed E-state index contributed by atoms with van der Waals surface area (Å²) < 4.78 is 13.2. The number of benzene rings is 2. The molecule has 0 radical (unpaired) electrons. The monoisotopic (exact) mass is 403 g/mol. The molecule has 4 rings (SSSR count). The number of hydrogen-bond acceptors (Lipinski definition) is 2. The zero-order valence-corrected chi connectivity index (χ0v) is 15.8. The van der Waals surface area contributed by atoms with E-state index in [0.29, 0.717) is 34.2 Å². The molecular formula is C21H16Cl2FNO2. The van der Waals surface area contributed by atoms with E-state index >= 15 is 0 Å². The fourth-order valence-corrected chi connectivity index (χ4v) is 4.25. The summed E-state index contributed by atoms with van der Waals surface area (Å²) >= 11 is 12.1. The Bertz CT molecular complexity index is 969. The normalized spacial score (nSPS) is 22.5. The highest BCUT2D eigenvalue weighted by atomic mass is 35.5. The second-order valence-corrected chi connectivity index (χ2v) is 7.76. The van der Waals surface area contributed by atoms with Crippen molar-refractivity contribution in [2.24, 2.45) is 0 Å². The molecule has 1 amide bonds. The van der Waals surface area contributed by atoms with Crippen LogP contribution in [0.2, 0.25) is 10.0 Å². The molecule has 1 aliphatic heterocycles. The molecule has 2 aromatic rings. The number of rotatable bonds is 2. The minimum absolute atomic E-state index is 0.00153. The Hall–Kier alpha value is -2.17. The molecule has 2 aromatic carbocycles. The number of amides is 1. The lowest BCUT2D eigenvalue weighted by molar-refractivity contribution is -0.122. The molecule has 0 saturated carbocycles. The maximum atomic E-state index is 13.2. The van der Waals surface area contributed by atoms with Crippen LogP contribution >= 0.6 is 23.2 Å². The van der Waals surface area contributed by atoms with Crippen LogP contribution in [0, 0.1) is 5.82 Å². The highest BCUT2D eigenvalue weighted by molar-refractivity contribution is 6.42. The summed E-state index contributed by atoms with van der Waals surface area (Å²) in [5, 5.41) is 3.70. The molecule has 1 heterocycles. The summed E-state index contributed by atoms with van der Waals surface area (Å²) in [6.07, 6.45) is 1.07. The number of halogens is 3. The number of Topliss-reactive ketones (excluding diaryl/α,β-unsaturated/α-hetero) is 1. The van der Waals surface area contributed by atoms with Gasteiger partial charge in [0.1, 0.15) is 5.82 Å². The van der Waals surface area contributed by atoms with Crippen molar-refractivity contribution < 1.29 is 14.0 Å². The van der Waals surface area contributed by atoms with Crippen LogP contribution in [-0.4, -0.2) is 11.7 Å². The molecule has 0 fully saturated rings. The van der Waals surface area contributed by atoms with E-state index in [1.165, 1.54) is 12.1 Å². The van der Waals surface area contributed by atoms with Crippen LogP contribution in [0.1, 0.15) is 42.2 Å². The largest absolute Gasteiger partial charge is 0.329 e. The lowest BCUT2D eigenvalue weighted by atomic mass is 9.73. The van der Waals surface area contributed by atoms with E-state index < -0.39 is 0 Å². The third-order valence-corrected chi connectivity index (χ3v) is 5.96. The second-order valence-electron chi connectivity index (χ2n) is 6.95. The van der Waals surface area contributed by atoms with E-state index in [2.05, 4.69) is 5.32 Å². The van der Waals surface area contributed by atoms with E-state index in [0.717, 1.165) is 11.1 Å². The van der Waals surface area contributed by atoms with Crippen LogP contribution in [0.5, 0.6) is 0 Å². The Labute approximate surface area is 166 Å². The molecule has 138 valence electrons. The van der Waals surface area contributed by atoms with Gasteiger partial charge in [-0.1, -0.05) is 41.4 Å². The molecule has 2 atom stereocenters. The highest BCUT2D eigenvalue weighted by Gasteiger charge is 2.38. The summed E-state index contributed by atoms with van der Waals surface area (Å²) in [4.78, 5) is 25.3. The predicted molar refractivity (Wildman–Crippen MR) is 102 cm³/mol. The first-order valence-electron chi connectivity index (χ1n) is 8.69. The Balaban J connectivity index is 1.71. The first-order valence-corrected chi connectivity index (χ1v) is 9.44.